The van der Waals surface area contributed by atoms with Crippen LogP contribution in [0.3, 0.4) is 0 Å². The maximum Gasteiger partial charge on any atom is 0.104 e. The van der Waals surface area contributed by atoms with Crippen LogP contribution in [0.4, 0.5) is 5.00 Å². The zero-order chi connectivity index (χ0) is 11.7. The van der Waals surface area contributed by atoms with Crippen molar-refractivity contribution in [2.24, 2.45) is 5.41 Å². The fourth-order valence-corrected chi connectivity index (χ4v) is 5.25. The van der Waals surface area contributed by atoms with E-state index in [-0.39, 0.29) is 10.8 Å². The highest BCUT2D eigenvalue weighted by molar-refractivity contribution is 7.16. The van der Waals surface area contributed by atoms with Gasteiger partial charge in [-0.1, -0.05) is 20.8 Å². The van der Waals surface area contributed by atoms with Crippen molar-refractivity contribution in [2.75, 3.05) is 5.73 Å². The number of hydrogen-bond acceptors (Lipinski definition) is 3. The van der Waals surface area contributed by atoms with Gasteiger partial charge in [0.25, 0.3) is 0 Å². The summed E-state index contributed by atoms with van der Waals surface area (Å²) in [7, 11) is 0. The Morgan fingerprint density at radius 3 is 2.75 bits per heavy atom. The van der Waals surface area contributed by atoms with Crippen LogP contribution in [0, 0.1) is 16.7 Å². The van der Waals surface area contributed by atoms with Gasteiger partial charge in [0.05, 0.1) is 5.56 Å². The number of thiophene rings is 1. The molecular formula is C13H16N2S. The van der Waals surface area contributed by atoms with Crippen LogP contribution in [0.15, 0.2) is 0 Å². The second-order valence-electron chi connectivity index (χ2n) is 5.84. The molecule has 1 saturated carbocycles. The van der Waals surface area contributed by atoms with Crippen molar-refractivity contribution in [2.45, 2.75) is 44.9 Å². The Morgan fingerprint density at radius 1 is 1.44 bits per heavy atom. The first-order valence-corrected chi connectivity index (χ1v) is 6.58. The summed E-state index contributed by atoms with van der Waals surface area (Å²) in [5.41, 5.74) is 8.44. The fourth-order valence-electron chi connectivity index (χ4n) is 3.78. The van der Waals surface area contributed by atoms with E-state index in [4.69, 9.17) is 5.73 Å². The van der Waals surface area contributed by atoms with Crippen LogP contribution < -0.4 is 5.73 Å². The molecule has 0 amide bonds. The largest absolute Gasteiger partial charge is 0.389 e. The van der Waals surface area contributed by atoms with E-state index in [0.717, 1.165) is 10.6 Å². The normalized spacial score (nSPS) is 33.8. The standard InChI is InChI=1S/C13H16N2S/c1-12(2)8-4-5-13(12,3)9-7(6-14)11(15)16-10(8)9/h8H,4-5,15H2,1-3H3. The predicted molar refractivity (Wildman–Crippen MR) is 66.6 cm³/mol. The minimum absolute atomic E-state index is 0.159. The van der Waals surface area contributed by atoms with Crippen LogP contribution in [-0.2, 0) is 5.41 Å². The Hall–Kier alpha value is -1.01. The quantitative estimate of drug-likeness (QED) is 0.745. The van der Waals surface area contributed by atoms with Gasteiger partial charge in [0, 0.05) is 10.3 Å². The van der Waals surface area contributed by atoms with Gasteiger partial charge in [-0.25, -0.2) is 0 Å². The summed E-state index contributed by atoms with van der Waals surface area (Å²) in [6.07, 6.45) is 2.45. The van der Waals surface area contributed by atoms with Crippen molar-refractivity contribution in [3.8, 4) is 6.07 Å². The van der Waals surface area contributed by atoms with E-state index in [9.17, 15) is 5.26 Å². The van der Waals surface area contributed by atoms with Gasteiger partial charge in [-0.2, -0.15) is 5.26 Å². The smallest absolute Gasteiger partial charge is 0.104 e. The van der Waals surface area contributed by atoms with E-state index in [0.29, 0.717) is 5.92 Å². The summed E-state index contributed by atoms with van der Waals surface area (Å²) in [5, 5.41) is 9.98. The molecule has 1 aromatic heterocycles. The molecule has 1 heterocycles. The van der Waals surface area contributed by atoms with Crippen molar-refractivity contribution >= 4 is 16.3 Å². The molecule has 0 aliphatic heterocycles. The highest BCUT2D eigenvalue weighted by Crippen LogP contribution is 2.70. The zero-order valence-electron chi connectivity index (χ0n) is 9.92. The van der Waals surface area contributed by atoms with Crippen LogP contribution in [0.2, 0.25) is 0 Å². The predicted octanol–water partition coefficient (Wildman–Crippen LogP) is 3.38. The van der Waals surface area contributed by atoms with Gasteiger partial charge in [0.15, 0.2) is 0 Å². The zero-order valence-corrected chi connectivity index (χ0v) is 10.7. The maximum atomic E-state index is 9.26. The average Bonchev–Trinajstić information content (AvgIpc) is 2.70. The molecule has 2 nitrogen and oxygen atoms in total. The van der Waals surface area contributed by atoms with E-state index in [1.54, 1.807) is 11.3 Å². The minimum atomic E-state index is 0.159. The molecule has 16 heavy (non-hydrogen) atoms. The average molecular weight is 232 g/mol. The summed E-state index contributed by atoms with van der Waals surface area (Å²) < 4.78 is 0. The third-order valence-electron chi connectivity index (χ3n) is 5.17. The van der Waals surface area contributed by atoms with Gasteiger partial charge in [0.2, 0.25) is 0 Å². The number of nitrogen functional groups attached to an aromatic ring is 1. The van der Waals surface area contributed by atoms with Gasteiger partial charge < -0.3 is 5.73 Å². The first-order chi connectivity index (χ1) is 7.43. The molecule has 3 heteroatoms. The van der Waals surface area contributed by atoms with E-state index < -0.39 is 0 Å². The number of hydrogen-bond donors (Lipinski definition) is 1. The second-order valence-corrected chi connectivity index (χ2v) is 6.92. The summed E-state index contributed by atoms with van der Waals surface area (Å²) in [6.45, 7) is 7.00. The molecule has 0 aromatic carbocycles. The molecule has 0 spiro atoms. The Balaban J connectivity index is 2.35. The second kappa shape index (κ2) is 2.62. The van der Waals surface area contributed by atoms with E-state index in [1.165, 1.54) is 23.3 Å². The number of nitrogens with zero attached hydrogens (tertiary/aromatic N) is 1. The highest BCUT2D eigenvalue weighted by atomic mass is 32.1. The lowest BCUT2D eigenvalue weighted by Gasteiger charge is -2.35. The Bertz CT molecular complexity index is 521. The number of rotatable bonds is 0. The van der Waals surface area contributed by atoms with Gasteiger partial charge in [0.1, 0.15) is 11.1 Å². The van der Waals surface area contributed by atoms with Gasteiger partial charge in [-0.15, -0.1) is 11.3 Å². The van der Waals surface area contributed by atoms with Crippen LogP contribution >= 0.6 is 11.3 Å². The van der Waals surface area contributed by atoms with E-state index in [2.05, 4.69) is 26.8 Å². The molecule has 2 unspecified atom stereocenters. The summed E-state index contributed by atoms with van der Waals surface area (Å²) in [6, 6.07) is 2.31. The van der Waals surface area contributed by atoms with Gasteiger partial charge in [-0.05, 0) is 29.7 Å². The Labute approximate surface area is 100 Å². The first kappa shape index (κ1) is 10.2. The van der Waals surface area contributed by atoms with Crippen LogP contribution in [-0.4, -0.2) is 0 Å². The lowest BCUT2D eigenvalue weighted by Crippen LogP contribution is -2.31. The van der Waals surface area contributed by atoms with Gasteiger partial charge in [-0.3, -0.25) is 0 Å². The molecule has 0 radical (unpaired) electrons. The summed E-state index contributed by atoms with van der Waals surface area (Å²) in [4.78, 5) is 1.40. The third kappa shape index (κ3) is 0.811. The molecular weight excluding hydrogens is 216 g/mol. The topological polar surface area (TPSA) is 49.8 Å². The van der Waals surface area contributed by atoms with Crippen molar-refractivity contribution in [3.05, 3.63) is 16.0 Å². The SMILES string of the molecule is CC12CCC(c3sc(N)c(C#N)c31)C2(C)C. The lowest BCUT2D eigenvalue weighted by atomic mass is 9.68. The van der Waals surface area contributed by atoms with Crippen LogP contribution in [0.5, 0.6) is 0 Å². The van der Waals surface area contributed by atoms with E-state index in [1.807, 2.05) is 0 Å². The summed E-state index contributed by atoms with van der Waals surface area (Å²) in [5.74, 6) is 0.613. The molecule has 1 fully saturated rings. The lowest BCUT2D eigenvalue weighted by molar-refractivity contribution is 0.231. The Kier molecular flexibility index (Phi) is 1.67. The molecule has 2 aliphatic rings. The molecule has 2 aliphatic carbocycles. The van der Waals surface area contributed by atoms with Crippen molar-refractivity contribution in [3.63, 3.8) is 0 Å². The van der Waals surface area contributed by atoms with Crippen LogP contribution in [0.1, 0.15) is 55.5 Å². The number of nitriles is 1. The molecule has 2 atom stereocenters. The number of fused-ring (bicyclic) bond motifs is 5. The highest BCUT2D eigenvalue weighted by Gasteiger charge is 2.61. The number of nitrogens with two attached hydrogens (primary N) is 1. The van der Waals surface area contributed by atoms with Gasteiger partial charge >= 0.3 is 0 Å². The minimum Gasteiger partial charge on any atom is -0.389 e. The molecule has 1 aromatic rings. The molecule has 84 valence electrons. The molecule has 0 saturated heterocycles. The fraction of sp³-hybridized carbons (Fsp3) is 0.615. The molecule has 2 bridgehead atoms. The van der Waals surface area contributed by atoms with E-state index >= 15 is 0 Å². The van der Waals surface area contributed by atoms with Crippen molar-refractivity contribution < 1.29 is 0 Å². The summed E-state index contributed by atoms with van der Waals surface area (Å²) >= 11 is 1.65. The molecule has 3 rings (SSSR count). The first-order valence-electron chi connectivity index (χ1n) is 5.76. The molecule has 2 N–H and O–H groups in total. The number of anilines is 1. The van der Waals surface area contributed by atoms with Crippen LogP contribution in [0.25, 0.3) is 0 Å². The van der Waals surface area contributed by atoms with Crippen molar-refractivity contribution in [1.82, 2.24) is 0 Å². The Morgan fingerprint density at radius 2 is 2.12 bits per heavy atom. The van der Waals surface area contributed by atoms with Crippen molar-refractivity contribution in [1.29, 1.82) is 5.26 Å². The monoisotopic (exact) mass is 232 g/mol. The third-order valence-corrected chi connectivity index (χ3v) is 6.30. The maximum absolute atomic E-state index is 9.26.